The Hall–Kier alpha value is -2.86. The van der Waals surface area contributed by atoms with Gasteiger partial charge in [-0.1, -0.05) is 12.1 Å². The lowest BCUT2D eigenvalue weighted by Gasteiger charge is -2.24. The first-order chi connectivity index (χ1) is 12.2. The van der Waals surface area contributed by atoms with Gasteiger partial charge in [0.2, 0.25) is 0 Å². The van der Waals surface area contributed by atoms with Crippen LogP contribution in [0.15, 0.2) is 42.5 Å². The van der Waals surface area contributed by atoms with Crippen molar-refractivity contribution in [3.8, 4) is 5.75 Å². The molecule has 0 saturated heterocycles. The number of nitrogens with zero attached hydrogens (tertiary/aromatic N) is 1. The van der Waals surface area contributed by atoms with Gasteiger partial charge in [0.1, 0.15) is 5.75 Å². The maximum Gasteiger partial charge on any atom is 0.269 e. The first-order valence-electron chi connectivity index (χ1n) is 8.42. The fraction of sp³-hybridized carbons (Fsp3) is 0.263. The number of ether oxygens (including phenoxy) is 1. The van der Waals surface area contributed by atoms with Crippen molar-refractivity contribution in [2.75, 3.05) is 13.2 Å². The molecule has 6 heteroatoms. The van der Waals surface area contributed by atoms with E-state index in [0.29, 0.717) is 6.61 Å². The highest BCUT2D eigenvalue weighted by Crippen LogP contribution is 2.35. The van der Waals surface area contributed by atoms with Gasteiger partial charge in [0.05, 0.1) is 17.6 Å². The van der Waals surface area contributed by atoms with E-state index in [1.165, 1.54) is 11.6 Å². The van der Waals surface area contributed by atoms with Crippen molar-refractivity contribution in [1.29, 1.82) is 0 Å². The van der Waals surface area contributed by atoms with Crippen LogP contribution in [0.1, 0.15) is 29.8 Å². The number of hydrogen-bond acceptors (Lipinski definition) is 4. The van der Waals surface area contributed by atoms with E-state index >= 15 is 0 Å². The number of rotatable bonds is 4. The van der Waals surface area contributed by atoms with Crippen molar-refractivity contribution < 1.29 is 9.66 Å². The van der Waals surface area contributed by atoms with Gasteiger partial charge in [-0.3, -0.25) is 10.1 Å². The van der Waals surface area contributed by atoms with E-state index < -0.39 is 0 Å². The molecule has 1 aliphatic rings. The zero-order valence-corrected chi connectivity index (χ0v) is 13.9. The number of non-ortho nitro benzene ring substituents is 1. The molecule has 0 bridgehead atoms. The van der Waals surface area contributed by atoms with Crippen molar-refractivity contribution in [3.05, 3.63) is 69.4 Å². The quantitative estimate of drug-likeness (QED) is 0.562. The fourth-order valence-electron chi connectivity index (χ4n) is 3.57. The van der Waals surface area contributed by atoms with Crippen LogP contribution in [0.4, 0.5) is 5.69 Å². The van der Waals surface area contributed by atoms with Crippen molar-refractivity contribution in [3.63, 3.8) is 0 Å². The Morgan fingerprint density at radius 1 is 1.28 bits per heavy atom. The standard InChI is InChI=1S/C19H19N3O3/c1-2-25-14-6-7-17-16(11-14)15-8-9-20-18(19(15)21-17)12-4-3-5-13(10-12)22(23)24/h3-7,10-11,18,20-21H,2,8-9H2,1H3. The molecule has 2 heterocycles. The zero-order chi connectivity index (χ0) is 17.4. The molecule has 1 atom stereocenters. The van der Waals surface area contributed by atoms with Gasteiger partial charge in [-0.05, 0) is 42.7 Å². The molecule has 1 aliphatic heterocycles. The molecule has 0 spiro atoms. The number of aromatic amines is 1. The third kappa shape index (κ3) is 2.74. The zero-order valence-electron chi connectivity index (χ0n) is 13.9. The molecule has 4 rings (SSSR count). The maximum absolute atomic E-state index is 11.1. The number of H-pyrrole nitrogens is 1. The van der Waals surface area contributed by atoms with Gasteiger partial charge in [0, 0.05) is 35.3 Å². The van der Waals surface area contributed by atoms with E-state index in [-0.39, 0.29) is 16.7 Å². The Bertz CT molecular complexity index is 948. The second kappa shape index (κ2) is 6.22. The highest BCUT2D eigenvalue weighted by molar-refractivity contribution is 5.86. The molecule has 128 valence electrons. The fourth-order valence-corrected chi connectivity index (χ4v) is 3.57. The van der Waals surface area contributed by atoms with Gasteiger partial charge < -0.3 is 15.0 Å². The molecule has 2 N–H and O–H groups in total. The molecular weight excluding hydrogens is 318 g/mol. The largest absolute Gasteiger partial charge is 0.494 e. The second-order valence-electron chi connectivity index (χ2n) is 6.15. The third-order valence-electron chi connectivity index (χ3n) is 4.65. The minimum atomic E-state index is -0.354. The van der Waals surface area contributed by atoms with Crippen molar-refractivity contribution >= 4 is 16.6 Å². The molecule has 1 unspecified atom stereocenters. The predicted molar refractivity (Wildman–Crippen MR) is 96.1 cm³/mol. The Labute approximate surface area is 145 Å². The van der Waals surface area contributed by atoms with Crippen LogP contribution in [-0.2, 0) is 6.42 Å². The first kappa shape index (κ1) is 15.7. The Balaban J connectivity index is 1.81. The molecule has 2 aromatic carbocycles. The summed E-state index contributed by atoms with van der Waals surface area (Å²) >= 11 is 0. The molecular formula is C19H19N3O3. The minimum Gasteiger partial charge on any atom is -0.494 e. The van der Waals surface area contributed by atoms with E-state index in [1.807, 2.05) is 25.1 Å². The predicted octanol–water partition coefficient (Wildman–Crippen LogP) is 3.71. The third-order valence-corrected chi connectivity index (χ3v) is 4.65. The van der Waals surface area contributed by atoms with Crippen LogP contribution >= 0.6 is 0 Å². The van der Waals surface area contributed by atoms with Crippen LogP contribution in [0.25, 0.3) is 10.9 Å². The van der Waals surface area contributed by atoms with Gasteiger partial charge in [-0.15, -0.1) is 0 Å². The molecule has 6 nitrogen and oxygen atoms in total. The van der Waals surface area contributed by atoms with Gasteiger partial charge in [-0.25, -0.2) is 0 Å². The highest BCUT2D eigenvalue weighted by Gasteiger charge is 2.26. The molecule has 0 amide bonds. The lowest BCUT2D eigenvalue weighted by atomic mass is 9.94. The van der Waals surface area contributed by atoms with Crippen molar-refractivity contribution in [1.82, 2.24) is 10.3 Å². The molecule has 25 heavy (non-hydrogen) atoms. The topological polar surface area (TPSA) is 80.2 Å². The van der Waals surface area contributed by atoms with Crippen LogP contribution in [0, 0.1) is 10.1 Å². The summed E-state index contributed by atoms with van der Waals surface area (Å²) < 4.78 is 5.62. The summed E-state index contributed by atoms with van der Waals surface area (Å²) in [6, 6.07) is 12.8. The van der Waals surface area contributed by atoms with E-state index in [9.17, 15) is 10.1 Å². The Morgan fingerprint density at radius 3 is 2.96 bits per heavy atom. The number of fused-ring (bicyclic) bond motifs is 3. The summed E-state index contributed by atoms with van der Waals surface area (Å²) in [5.74, 6) is 0.863. The Morgan fingerprint density at radius 2 is 2.16 bits per heavy atom. The summed E-state index contributed by atoms with van der Waals surface area (Å²) in [5.41, 5.74) is 4.41. The van der Waals surface area contributed by atoms with Crippen LogP contribution in [0.5, 0.6) is 5.75 Å². The number of hydrogen-bond donors (Lipinski definition) is 2. The first-order valence-corrected chi connectivity index (χ1v) is 8.42. The number of nitro groups is 1. The molecule has 1 aromatic heterocycles. The molecule has 0 radical (unpaired) electrons. The minimum absolute atomic E-state index is 0.0772. The monoisotopic (exact) mass is 337 g/mol. The summed E-state index contributed by atoms with van der Waals surface area (Å²) in [7, 11) is 0. The summed E-state index contributed by atoms with van der Waals surface area (Å²) in [6.45, 7) is 3.43. The van der Waals surface area contributed by atoms with Crippen LogP contribution in [0.3, 0.4) is 0 Å². The van der Waals surface area contributed by atoms with E-state index in [4.69, 9.17) is 4.74 Å². The molecule has 0 saturated carbocycles. The lowest BCUT2D eigenvalue weighted by molar-refractivity contribution is -0.384. The average Bonchev–Trinajstić information content (AvgIpc) is 3.00. The van der Waals surface area contributed by atoms with Gasteiger partial charge in [0.15, 0.2) is 0 Å². The van der Waals surface area contributed by atoms with Gasteiger partial charge in [-0.2, -0.15) is 0 Å². The molecule has 0 fully saturated rings. The maximum atomic E-state index is 11.1. The average molecular weight is 337 g/mol. The molecule has 3 aromatic rings. The number of nitro benzene ring substituents is 1. The number of benzene rings is 2. The van der Waals surface area contributed by atoms with E-state index in [0.717, 1.165) is 40.9 Å². The van der Waals surface area contributed by atoms with Crippen LogP contribution < -0.4 is 10.1 Å². The Kier molecular flexibility index (Phi) is 3.89. The van der Waals surface area contributed by atoms with E-state index in [2.05, 4.69) is 16.4 Å². The normalized spacial score (nSPS) is 16.6. The van der Waals surface area contributed by atoms with Crippen molar-refractivity contribution in [2.45, 2.75) is 19.4 Å². The van der Waals surface area contributed by atoms with Crippen LogP contribution in [0.2, 0.25) is 0 Å². The van der Waals surface area contributed by atoms with Gasteiger partial charge in [0.25, 0.3) is 5.69 Å². The number of aromatic nitrogens is 1. The van der Waals surface area contributed by atoms with Gasteiger partial charge >= 0.3 is 0 Å². The summed E-state index contributed by atoms with van der Waals surface area (Å²) in [6.07, 6.45) is 0.913. The SMILES string of the molecule is CCOc1ccc2[nH]c3c(c2c1)CCNC3c1cccc([N+](=O)[O-])c1. The highest BCUT2D eigenvalue weighted by atomic mass is 16.6. The number of nitrogens with one attached hydrogen (secondary N) is 2. The van der Waals surface area contributed by atoms with E-state index in [1.54, 1.807) is 12.1 Å². The molecule has 0 aliphatic carbocycles. The van der Waals surface area contributed by atoms with Crippen LogP contribution in [-0.4, -0.2) is 23.1 Å². The summed E-state index contributed by atoms with van der Waals surface area (Å²) in [4.78, 5) is 14.2. The summed E-state index contributed by atoms with van der Waals surface area (Å²) in [5, 5.41) is 15.7. The smallest absolute Gasteiger partial charge is 0.269 e. The van der Waals surface area contributed by atoms with Crippen molar-refractivity contribution in [2.24, 2.45) is 0 Å². The second-order valence-corrected chi connectivity index (χ2v) is 6.15. The lowest BCUT2D eigenvalue weighted by Crippen LogP contribution is -2.30.